The highest BCUT2D eigenvalue weighted by Gasteiger charge is 2.32. The van der Waals surface area contributed by atoms with Gasteiger partial charge in [-0.2, -0.15) is 5.10 Å². The van der Waals surface area contributed by atoms with Gasteiger partial charge in [-0.05, 0) is 36.6 Å². The van der Waals surface area contributed by atoms with Gasteiger partial charge < -0.3 is 4.90 Å². The van der Waals surface area contributed by atoms with Crippen molar-refractivity contribution in [2.24, 2.45) is 0 Å². The predicted molar refractivity (Wildman–Crippen MR) is 82.4 cm³/mol. The van der Waals surface area contributed by atoms with E-state index in [1.54, 1.807) is 41.3 Å². The summed E-state index contributed by atoms with van der Waals surface area (Å²) in [5.74, 6) is -0.345. The van der Waals surface area contributed by atoms with Crippen molar-refractivity contribution in [3.8, 4) is 0 Å². The second kappa shape index (κ2) is 5.46. The molecule has 0 radical (unpaired) electrons. The number of amides is 1. The Morgan fingerprint density at radius 1 is 1.26 bits per heavy atom. The molecule has 1 aliphatic heterocycles. The van der Waals surface area contributed by atoms with E-state index in [0.717, 1.165) is 18.4 Å². The van der Waals surface area contributed by atoms with Gasteiger partial charge >= 0.3 is 0 Å². The summed E-state index contributed by atoms with van der Waals surface area (Å²) < 4.78 is 14.7. The zero-order valence-corrected chi connectivity index (χ0v) is 12.4. The molecule has 3 aromatic rings. The lowest BCUT2D eigenvalue weighted by atomic mass is 10.0. The van der Waals surface area contributed by atoms with Gasteiger partial charge in [0.15, 0.2) is 5.65 Å². The Hall–Kier alpha value is -2.76. The predicted octanol–water partition coefficient (Wildman–Crippen LogP) is 2.85. The summed E-state index contributed by atoms with van der Waals surface area (Å²) in [6, 6.07) is 8.12. The maximum Gasteiger partial charge on any atom is 0.259 e. The molecule has 0 bridgehead atoms. The Balaban J connectivity index is 1.68. The van der Waals surface area contributed by atoms with Crippen LogP contribution in [0.25, 0.3) is 5.65 Å². The number of halogens is 1. The van der Waals surface area contributed by atoms with Crippen LogP contribution in [-0.2, 0) is 0 Å². The van der Waals surface area contributed by atoms with Crippen LogP contribution in [0.5, 0.6) is 0 Å². The lowest BCUT2D eigenvalue weighted by molar-refractivity contribution is 0.0737. The quantitative estimate of drug-likeness (QED) is 0.731. The van der Waals surface area contributed by atoms with Gasteiger partial charge in [0.05, 0.1) is 12.2 Å². The SMILES string of the molecule is O=C(c1cnn2cccnc12)N1CCC[C@@H]1c1ccc(F)cc1. The lowest BCUT2D eigenvalue weighted by Gasteiger charge is -2.24. The van der Waals surface area contributed by atoms with E-state index in [0.29, 0.717) is 17.8 Å². The number of benzene rings is 1. The largest absolute Gasteiger partial charge is 0.331 e. The van der Waals surface area contributed by atoms with Crippen LogP contribution in [0.4, 0.5) is 4.39 Å². The number of hydrogen-bond acceptors (Lipinski definition) is 3. The van der Waals surface area contributed by atoms with E-state index in [4.69, 9.17) is 0 Å². The van der Waals surface area contributed by atoms with E-state index >= 15 is 0 Å². The fourth-order valence-electron chi connectivity index (χ4n) is 3.17. The minimum Gasteiger partial charge on any atom is -0.331 e. The highest BCUT2D eigenvalue weighted by atomic mass is 19.1. The van der Waals surface area contributed by atoms with Gasteiger partial charge in [-0.25, -0.2) is 13.9 Å². The number of likely N-dealkylation sites (tertiary alicyclic amines) is 1. The zero-order valence-electron chi connectivity index (χ0n) is 12.4. The van der Waals surface area contributed by atoms with Crippen LogP contribution in [0.15, 0.2) is 48.9 Å². The number of nitrogens with zero attached hydrogens (tertiary/aromatic N) is 4. The summed E-state index contributed by atoms with van der Waals surface area (Å²) in [7, 11) is 0. The molecule has 0 N–H and O–H groups in total. The van der Waals surface area contributed by atoms with Gasteiger partial charge in [-0.3, -0.25) is 4.79 Å². The molecule has 1 aliphatic rings. The molecule has 0 saturated carbocycles. The number of rotatable bonds is 2. The minimum atomic E-state index is -0.267. The van der Waals surface area contributed by atoms with Crippen LogP contribution >= 0.6 is 0 Å². The number of carbonyl (C=O) groups is 1. The van der Waals surface area contributed by atoms with Crippen molar-refractivity contribution in [1.29, 1.82) is 0 Å². The third-order valence-electron chi connectivity index (χ3n) is 4.28. The minimum absolute atomic E-state index is 0.0261. The first kappa shape index (κ1) is 13.9. The molecule has 6 heteroatoms. The van der Waals surface area contributed by atoms with E-state index < -0.39 is 0 Å². The monoisotopic (exact) mass is 310 g/mol. The maximum absolute atomic E-state index is 13.1. The summed E-state index contributed by atoms with van der Waals surface area (Å²) in [4.78, 5) is 19.0. The molecule has 1 saturated heterocycles. The summed E-state index contributed by atoms with van der Waals surface area (Å²) in [6.45, 7) is 0.686. The molecule has 1 fully saturated rings. The second-order valence-corrected chi connectivity index (χ2v) is 5.65. The molecule has 116 valence electrons. The van der Waals surface area contributed by atoms with Gasteiger partial charge in [0.1, 0.15) is 11.4 Å². The highest BCUT2D eigenvalue weighted by Crippen LogP contribution is 2.33. The molecule has 23 heavy (non-hydrogen) atoms. The summed E-state index contributed by atoms with van der Waals surface area (Å²) >= 11 is 0. The van der Waals surface area contributed by atoms with Crippen molar-refractivity contribution in [3.63, 3.8) is 0 Å². The number of hydrogen-bond donors (Lipinski definition) is 0. The number of carbonyl (C=O) groups excluding carboxylic acids is 1. The molecule has 0 spiro atoms. The Bertz CT molecular complexity index is 858. The van der Waals surface area contributed by atoms with Gasteiger partial charge in [0.2, 0.25) is 0 Å². The van der Waals surface area contributed by atoms with Gasteiger partial charge in [0, 0.05) is 18.9 Å². The van der Waals surface area contributed by atoms with Gasteiger partial charge in [0.25, 0.3) is 5.91 Å². The first-order valence-electron chi connectivity index (χ1n) is 7.59. The Kier molecular flexibility index (Phi) is 3.29. The molecule has 1 amide bonds. The number of aromatic nitrogens is 3. The van der Waals surface area contributed by atoms with Crippen molar-refractivity contribution in [2.45, 2.75) is 18.9 Å². The summed E-state index contributed by atoms with van der Waals surface area (Å²) in [5, 5.41) is 4.18. The maximum atomic E-state index is 13.1. The topological polar surface area (TPSA) is 50.5 Å². The molecule has 0 aliphatic carbocycles. The molecule has 4 rings (SSSR count). The smallest absolute Gasteiger partial charge is 0.259 e. The standard InChI is InChI=1S/C17H15FN4O/c18-13-6-4-12(5-7-13)15-3-1-9-21(15)17(23)14-11-20-22-10-2-8-19-16(14)22/h2,4-8,10-11,15H,1,3,9H2/t15-/m1/s1. The molecule has 0 unspecified atom stereocenters. The van der Waals surface area contributed by atoms with Crippen molar-refractivity contribution in [3.05, 3.63) is 65.9 Å². The van der Waals surface area contributed by atoms with Gasteiger partial charge in [-0.15, -0.1) is 0 Å². The van der Waals surface area contributed by atoms with Crippen molar-refractivity contribution in [2.75, 3.05) is 6.54 Å². The summed E-state index contributed by atoms with van der Waals surface area (Å²) in [5.41, 5.74) is 2.02. The average molecular weight is 310 g/mol. The molecule has 2 aromatic heterocycles. The van der Waals surface area contributed by atoms with Crippen molar-refractivity contribution < 1.29 is 9.18 Å². The van der Waals surface area contributed by atoms with E-state index in [1.807, 2.05) is 4.90 Å². The van der Waals surface area contributed by atoms with Crippen LogP contribution in [0, 0.1) is 5.82 Å². The Labute approximate surface area is 132 Å². The molecular weight excluding hydrogens is 295 g/mol. The normalized spacial score (nSPS) is 17.8. The van der Waals surface area contributed by atoms with Crippen LogP contribution in [0.1, 0.15) is 34.8 Å². The van der Waals surface area contributed by atoms with E-state index in [2.05, 4.69) is 10.1 Å². The zero-order chi connectivity index (χ0) is 15.8. The van der Waals surface area contributed by atoms with Gasteiger partial charge in [-0.1, -0.05) is 12.1 Å². The van der Waals surface area contributed by atoms with Crippen LogP contribution in [-0.4, -0.2) is 31.9 Å². The van der Waals surface area contributed by atoms with E-state index in [9.17, 15) is 9.18 Å². The molecule has 1 aromatic carbocycles. The first-order valence-corrected chi connectivity index (χ1v) is 7.59. The fourth-order valence-corrected chi connectivity index (χ4v) is 3.17. The van der Waals surface area contributed by atoms with Crippen LogP contribution < -0.4 is 0 Å². The summed E-state index contributed by atoms with van der Waals surface area (Å²) in [6.07, 6.45) is 6.78. The molecule has 1 atom stereocenters. The van der Waals surface area contributed by atoms with E-state index in [-0.39, 0.29) is 17.8 Å². The Morgan fingerprint density at radius 2 is 2.09 bits per heavy atom. The third-order valence-corrected chi connectivity index (χ3v) is 4.28. The molecular formula is C17H15FN4O. The molecule has 3 heterocycles. The van der Waals surface area contributed by atoms with Crippen LogP contribution in [0.2, 0.25) is 0 Å². The lowest BCUT2D eigenvalue weighted by Crippen LogP contribution is -2.30. The molecule has 5 nitrogen and oxygen atoms in total. The Morgan fingerprint density at radius 3 is 2.91 bits per heavy atom. The average Bonchev–Trinajstić information content (AvgIpc) is 3.22. The van der Waals surface area contributed by atoms with Crippen molar-refractivity contribution >= 4 is 11.6 Å². The van der Waals surface area contributed by atoms with Crippen molar-refractivity contribution in [1.82, 2.24) is 19.5 Å². The highest BCUT2D eigenvalue weighted by molar-refractivity contribution is 6.00. The third kappa shape index (κ3) is 2.36. The second-order valence-electron chi connectivity index (χ2n) is 5.65. The fraction of sp³-hybridized carbons (Fsp3) is 0.235. The number of fused-ring (bicyclic) bond motifs is 1. The first-order chi connectivity index (χ1) is 11.2. The van der Waals surface area contributed by atoms with E-state index in [1.165, 1.54) is 12.1 Å². The van der Waals surface area contributed by atoms with Crippen LogP contribution in [0.3, 0.4) is 0 Å².